The molecule has 120 valence electrons. The van der Waals surface area contributed by atoms with Crippen molar-refractivity contribution >= 4 is 0 Å². The molecule has 0 amide bonds. The summed E-state index contributed by atoms with van der Waals surface area (Å²) in [5.41, 5.74) is -5.43. The van der Waals surface area contributed by atoms with Crippen LogP contribution >= 0.6 is 0 Å². The lowest BCUT2D eigenvalue weighted by atomic mass is 9.88. The van der Waals surface area contributed by atoms with Crippen molar-refractivity contribution in [3.63, 3.8) is 0 Å². The second-order valence-corrected chi connectivity index (χ2v) is 4.84. The Kier molecular flexibility index (Phi) is 4.98. The fourth-order valence-corrected chi connectivity index (χ4v) is 2.24. The Hall–Kier alpha value is -1.24. The van der Waals surface area contributed by atoms with Gasteiger partial charge in [0.05, 0.1) is 0 Å². The fraction of sp³-hybridized carbons (Fsp3) is 0.571. The Morgan fingerprint density at radius 3 is 1.52 bits per heavy atom. The molecule has 0 aliphatic carbocycles. The van der Waals surface area contributed by atoms with E-state index in [4.69, 9.17) is 0 Å². The molecule has 0 heterocycles. The van der Waals surface area contributed by atoms with Crippen LogP contribution in [0.2, 0.25) is 0 Å². The third kappa shape index (κ3) is 3.17. The molecule has 0 aliphatic heterocycles. The fourth-order valence-electron chi connectivity index (χ4n) is 2.24. The molecule has 1 aromatic rings. The molecule has 0 saturated heterocycles. The molecule has 0 aromatic heterocycles. The number of hydrogen-bond acceptors (Lipinski definition) is 1. The Labute approximate surface area is 118 Å². The number of rotatable bonds is 4. The van der Waals surface area contributed by atoms with Gasteiger partial charge in [0.1, 0.15) is 0 Å². The molecular formula is C14H16F6O. The van der Waals surface area contributed by atoms with Gasteiger partial charge in [0.15, 0.2) is 0 Å². The Balaban J connectivity index is 3.30. The minimum absolute atomic E-state index is 0.0592. The zero-order valence-electron chi connectivity index (χ0n) is 11.5. The molecule has 0 unspecified atom stereocenters. The van der Waals surface area contributed by atoms with Gasteiger partial charge < -0.3 is 5.11 Å². The van der Waals surface area contributed by atoms with E-state index in [1.165, 1.54) is 12.1 Å². The molecule has 0 radical (unpaired) electrons. The van der Waals surface area contributed by atoms with Crippen LogP contribution in [0.25, 0.3) is 0 Å². The van der Waals surface area contributed by atoms with Crippen molar-refractivity contribution in [2.24, 2.45) is 0 Å². The molecule has 1 N–H and O–H groups in total. The maximum atomic E-state index is 12.7. The molecule has 1 aromatic carbocycles. The van der Waals surface area contributed by atoms with Gasteiger partial charge in [-0.1, -0.05) is 38.1 Å². The zero-order chi connectivity index (χ0) is 16.5. The highest BCUT2D eigenvalue weighted by atomic mass is 19.4. The first-order chi connectivity index (χ1) is 9.49. The highest BCUT2D eigenvalue weighted by molar-refractivity contribution is 5.31. The second-order valence-electron chi connectivity index (χ2n) is 4.84. The highest BCUT2D eigenvalue weighted by Crippen LogP contribution is 2.50. The summed E-state index contributed by atoms with van der Waals surface area (Å²) < 4.78 is 76.2. The molecule has 7 heteroatoms. The van der Waals surface area contributed by atoms with Crippen LogP contribution in [0.3, 0.4) is 0 Å². The summed E-state index contributed by atoms with van der Waals surface area (Å²) in [4.78, 5) is 0. The molecule has 0 spiro atoms. The van der Waals surface area contributed by atoms with E-state index in [-0.39, 0.29) is 5.92 Å². The van der Waals surface area contributed by atoms with E-state index >= 15 is 0 Å². The van der Waals surface area contributed by atoms with E-state index in [2.05, 4.69) is 0 Å². The summed E-state index contributed by atoms with van der Waals surface area (Å²) >= 11 is 0. The Morgan fingerprint density at radius 1 is 0.857 bits per heavy atom. The normalized spacial score (nSPS) is 13.8. The standard InChI is InChI=1S/C14H16F6O/c1-3-9(4-2)10-5-7-11(8-6-10)12(21,13(15,16)17)14(18,19)20/h5-9,21H,3-4H2,1-2H3. The molecular weight excluding hydrogens is 298 g/mol. The molecule has 0 saturated carbocycles. The van der Waals surface area contributed by atoms with Crippen LogP contribution in [0.1, 0.15) is 43.7 Å². The van der Waals surface area contributed by atoms with Crippen LogP contribution in [0.15, 0.2) is 24.3 Å². The molecule has 0 bridgehead atoms. The number of alkyl halides is 6. The predicted molar refractivity (Wildman–Crippen MR) is 65.8 cm³/mol. The quantitative estimate of drug-likeness (QED) is 0.784. The van der Waals surface area contributed by atoms with Gasteiger partial charge in [-0.15, -0.1) is 0 Å². The van der Waals surface area contributed by atoms with Gasteiger partial charge in [-0.25, -0.2) is 0 Å². The third-order valence-electron chi connectivity index (χ3n) is 3.61. The number of benzene rings is 1. The lowest BCUT2D eigenvalue weighted by Gasteiger charge is -2.32. The summed E-state index contributed by atoms with van der Waals surface area (Å²) in [6, 6.07) is 3.79. The first-order valence-corrected chi connectivity index (χ1v) is 6.45. The summed E-state index contributed by atoms with van der Waals surface area (Å²) in [7, 11) is 0. The number of aliphatic hydroxyl groups is 1. The van der Waals surface area contributed by atoms with Crippen LogP contribution in [0.4, 0.5) is 26.3 Å². The summed E-state index contributed by atoms with van der Waals surface area (Å²) in [5.74, 6) is 0.0592. The van der Waals surface area contributed by atoms with Crippen molar-refractivity contribution in [1.29, 1.82) is 0 Å². The third-order valence-corrected chi connectivity index (χ3v) is 3.61. The lowest BCUT2D eigenvalue weighted by Crippen LogP contribution is -2.53. The van der Waals surface area contributed by atoms with Crippen molar-refractivity contribution < 1.29 is 31.4 Å². The van der Waals surface area contributed by atoms with E-state index in [9.17, 15) is 31.4 Å². The first-order valence-electron chi connectivity index (χ1n) is 6.45. The summed E-state index contributed by atoms with van der Waals surface area (Å²) in [6.45, 7) is 3.76. The largest absolute Gasteiger partial charge is 0.430 e. The van der Waals surface area contributed by atoms with E-state index in [0.717, 1.165) is 12.8 Å². The van der Waals surface area contributed by atoms with Crippen LogP contribution in [-0.2, 0) is 5.60 Å². The highest BCUT2D eigenvalue weighted by Gasteiger charge is 2.71. The molecule has 0 atom stereocenters. The van der Waals surface area contributed by atoms with Gasteiger partial charge in [0.25, 0.3) is 5.60 Å². The first kappa shape index (κ1) is 17.8. The summed E-state index contributed by atoms with van der Waals surface area (Å²) in [5, 5.41) is 9.25. The Bertz CT molecular complexity index is 442. The molecule has 0 aliphatic rings. The monoisotopic (exact) mass is 314 g/mol. The van der Waals surface area contributed by atoms with Crippen LogP contribution in [-0.4, -0.2) is 17.5 Å². The maximum Gasteiger partial charge on any atom is 0.430 e. The zero-order valence-corrected chi connectivity index (χ0v) is 11.5. The summed E-state index contributed by atoms with van der Waals surface area (Å²) in [6.07, 6.45) is -10.2. The van der Waals surface area contributed by atoms with Gasteiger partial charge in [-0.3, -0.25) is 0 Å². The topological polar surface area (TPSA) is 20.2 Å². The maximum absolute atomic E-state index is 12.7. The van der Waals surface area contributed by atoms with Crippen LogP contribution in [0, 0.1) is 0 Å². The van der Waals surface area contributed by atoms with Gasteiger partial charge in [-0.05, 0) is 24.3 Å². The van der Waals surface area contributed by atoms with Gasteiger partial charge >= 0.3 is 12.4 Å². The van der Waals surface area contributed by atoms with Gasteiger partial charge in [0.2, 0.25) is 0 Å². The van der Waals surface area contributed by atoms with E-state index in [1.807, 2.05) is 13.8 Å². The van der Waals surface area contributed by atoms with E-state index in [1.54, 1.807) is 0 Å². The second kappa shape index (κ2) is 5.87. The van der Waals surface area contributed by atoms with E-state index in [0.29, 0.717) is 17.7 Å². The minimum atomic E-state index is -5.85. The molecule has 1 nitrogen and oxygen atoms in total. The number of hydrogen-bond donors (Lipinski definition) is 1. The number of halogens is 6. The van der Waals surface area contributed by atoms with Crippen molar-refractivity contribution in [3.8, 4) is 0 Å². The van der Waals surface area contributed by atoms with Crippen LogP contribution < -0.4 is 0 Å². The van der Waals surface area contributed by atoms with Crippen molar-refractivity contribution in [3.05, 3.63) is 35.4 Å². The Morgan fingerprint density at radius 2 is 1.24 bits per heavy atom. The van der Waals surface area contributed by atoms with Crippen molar-refractivity contribution in [2.45, 2.75) is 50.6 Å². The van der Waals surface area contributed by atoms with E-state index < -0.39 is 23.5 Å². The predicted octanol–water partition coefficient (Wildman–Crippen LogP) is 4.90. The SMILES string of the molecule is CCC(CC)c1ccc(C(O)(C(F)(F)F)C(F)(F)F)cc1. The average Bonchev–Trinajstić information content (AvgIpc) is 2.37. The van der Waals surface area contributed by atoms with Crippen molar-refractivity contribution in [2.75, 3.05) is 0 Å². The molecule has 0 fully saturated rings. The van der Waals surface area contributed by atoms with Crippen LogP contribution in [0.5, 0.6) is 0 Å². The van der Waals surface area contributed by atoms with Crippen molar-refractivity contribution in [1.82, 2.24) is 0 Å². The van der Waals surface area contributed by atoms with Gasteiger partial charge in [0, 0.05) is 5.56 Å². The molecule has 21 heavy (non-hydrogen) atoms. The van der Waals surface area contributed by atoms with Gasteiger partial charge in [-0.2, -0.15) is 26.3 Å². The lowest BCUT2D eigenvalue weighted by molar-refractivity contribution is -0.376. The minimum Gasteiger partial charge on any atom is -0.369 e. The smallest absolute Gasteiger partial charge is 0.369 e. The molecule has 1 rings (SSSR count). The average molecular weight is 314 g/mol.